The van der Waals surface area contributed by atoms with Crippen LogP contribution in [-0.2, 0) is 12.7 Å². The van der Waals surface area contributed by atoms with Crippen molar-refractivity contribution in [3.05, 3.63) is 41.2 Å². The van der Waals surface area contributed by atoms with Gasteiger partial charge in [-0.05, 0) is 26.0 Å². The Bertz CT molecular complexity index is 739. The average molecular weight is 371 g/mol. The number of oxazole rings is 1. The van der Waals surface area contributed by atoms with Crippen molar-refractivity contribution in [2.45, 2.75) is 26.6 Å². The molecule has 2 rings (SSSR count). The van der Waals surface area contributed by atoms with Crippen LogP contribution in [0.1, 0.15) is 22.9 Å². The predicted molar refractivity (Wildman–Crippen MR) is 88.9 cm³/mol. The van der Waals surface area contributed by atoms with Crippen LogP contribution in [0.5, 0.6) is 5.88 Å². The Morgan fingerprint density at radius 1 is 1.31 bits per heavy atom. The van der Waals surface area contributed by atoms with Crippen molar-refractivity contribution < 1.29 is 22.3 Å². The van der Waals surface area contributed by atoms with Crippen LogP contribution in [-0.4, -0.2) is 36.1 Å². The Morgan fingerprint density at radius 2 is 2.08 bits per heavy atom. The van der Waals surface area contributed by atoms with Crippen molar-refractivity contribution in [1.29, 1.82) is 0 Å². The Balaban J connectivity index is 1.80. The summed E-state index contributed by atoms with van der Waals surface area (Å²) in [6, 6.07) is 2.14. The maximum Gasteiger partial charge on any atom is 0.421 e. The van der Waals surface area contributed by atoms with Gasteiger partial charge in [0.05, 0.1) is 18.8 Å². The van der Waals surface area contributed by atoms with E-state index in [-0.39, 0.29) is 13.2 Å². The largest absolute Gasteiger partial charge is 0.475 e. The van der Waals surface area contributed by atoms with Crippen LogP contribution in [0, 0.1) is 13.8 Å². The molecule has 2 N–H and O–H groups in total. The maximum absolute atomic E-state index is 12.9. The van der Waals surface area contributed by atoms with E-state index in [9.17, 15) is 13.2 Å². The lowest BCUT2D eigenvalue weighted by atomic mass is 10.2. The van der Waals surface area contributed by atoms with Crippen molar-refractivity contribution in [2.24, 2.45) is 4.99 Å². The monoisotopic (exact) mass is 371 g/mol. The summed E-state index contributed by atoms with van der Waals surface area (Å²) in [5.41, 5.74) is -0.0916. The second-order valence-corrected chi connectivity index (χ2v) is 5.30. The Labute approximate surface area is 148 Å². The highest BCUT2D eigenvalue weighted by Gasteiger charge is 2.34. The van der Waals surface area contributed by atoms with E-state index >= 15 is 0 Å². The molecular formula is C16H20F3N5O2. The van der Waals surface area contributed by atoms with Gasteiger partial charge in [0, 0.05) is 13.2 Å². The van der Waals surface area contributed by atoms with Crippen molar-refractivity contribution in [3.63, 3.8) is 0 Å². The first-order valence-electron chi connectivity index (χ1n) is 7.83. The number of pyridine rings is 1. The molecule has 0 bridgehead atoms. The van der Waals surface area contributed by atoms with Gasteiger partial charge in [0.15, 0.2) is 5.96 Å². The molecule has 142 valence electrons. The van der Waals surface area contributed by atoms with Crippen LogP contribution in [0.25, 0.3) is 0 Å². The van der Waals surface area contributed by atoms with Gasteiger partial charge in [0.2, 0.25) is 11.8 Å². The van der Waals surface area contributed by atoms with Crippen LogP contribution in [0.4, 0.5) is 13.2 Å². The zero-order valence-electron chi connectivity index (χ0n) is 14.6. The number of aliphatic imine (C=N–C) groups is 1. The van der Waals surface area contributed by atoms with Crippen molar-refractivity contribution in [1.82, 2.24) is 20.6 Å². The van der Waals surface area contributed by atoms with Crippen LogP contribution in [0.15, 0.2) is 27.7 Å². The molecule has 0 spiro atoms. The summed E-state index contributed by atoms with van der Waals surface area (Å²) >= 11 is 0. The van der Waals surface area contributed by atoms with Gasteiger partial charge in [0.25, 0.3) is 0 Å². The van der Waals surface area contributed by atoms with Crippen molar-refractivity contribution >= 4 is 5.96 Å². The van der Waals surface area contributed by atoms with Gasteiger partial charge in [-0.25, -0.2) is 9.97 Å². The average Bonchev–Trinajstić information content (AvgIpc) is 2.91. The number of rotatable bonds is 6. The van der Waals surface area contributed by atoms with E-state index in [1.54, 1.807) is 7.05 Å². The van der Waals surface area contributed by atoms with E-state index in [0.717, 1.165) is 17.5 Å². The van der Waals surface area contributed by atoms with Gasteiger partial charge in [-0.15, -0.1) is 0 Å². The molecule has 26 heavy (non-hydrogen) atoms. The molecule has 0 atom stereocenters. The van der Waals surface area contributed by atoms with Gasteiger partial charge in [-0.1, -0.05) is 0 Å². The molecule has 0 aliphatic heterocycles. The minimum absolute atomic E-state index is 0.0159. The standard InChI is InChI=1S/C16H20F3N5O2/c1-10-11(2)26-13(24-10)9-23-15(20-3)22-7-8-25-14-12(16(17,18)19)5-4-6-21-14/h4-6H,7-9H2,1-3H3,(H2,20,22,23). The molecule has 2 heterocycles. The second-order valence-electron chi connectivity index (χ2n) is 5.30. The molecule has 10 heteroatoms. The fourth-order valence-corrected chi connectivity index (χ4v) is 2.03. The number of nitrogens with zero attached hydrogens (tertiary/aromatic N) is 3. The van der Waals surface area contributed by atoms with E-state index in [1.807, 2.05) is 13.8 Å². The molecule has 2 aromatic heterocycles. The van der Waals surface area contributed by atoms with Gasteiger partial charge < -0.3 is 19.8 Å². The van der Waals surface area contributed by atoms with Gasteiger partial charge in [-0.3, -0.25) is 4.99 Å². The molecule has 0 fully saturated rings. The molecule has 0 saturated carbocycles. The number of ether oxygens (including phenoxy) is 1. The topological polar surface area (TPSA) is 84.6 Å². The Morgan fingerprint density at radius 3 is 2.69 bits per heavy atom. The summed E-state index contributed by atoms with van der Waals surface area (Å²) in [4.78, 5) is 11.9. The highest BCUT2D eigenvalue weighted by molar-refractivity contribution is 5.79. The molecule has 0 saturated heterocycles. The van der Waals surface area contributed by atoms with Crippen molar-refractivity contribution in [2.75, 3.05) is 20.2 Å². The minimum atomic E-state index is -4.51. The van der Waals surface area contributed by atoms with E-state index in [0.29, 0.717) is 18.4 Å². The third kappa shape index (κ3) is 5.36. The number of nitrogens with one attached hydrogen (secondary N) is 2. The maximum atomic E-state index is 12.9. The summed E-state index contributed by atoms with van der Waals surface area (Å²) in [6.45, 7) is 4.21. The van der Waals surface area contributed by atoms with Crippen LogP contribution in [0.2, 0.25) is 0 Å². The zero-order chi connectivity index (χ0) is 19.2. The fraction of sp³-hybridized carbons (Fsp3) is 0.438. The number of hydrogen-bond acceptors (Lipinski definition) is 5. The first kappa shape index (κ1) is 19.5. The summed E-state index contributed by atoms with van der Waals surface area (Å²) < 4.78 is 49.1. The highest BCUT2D eigenvalue weighted by Crippen LogP contribution is 2.34. The third-order valence-electron chi connectivity index (χ3n) is 3.41. The molecule has 2 aromatic rings. The lowest BCUT2D eigenvalue weighted by Gasteiger charge is -2.14. The number of alkyl halides is 3. The second kappa shape index (κ2) is 8.54. The van der Waals surface area contributed by atoms with Gasteiger partial charge in [0.1, 0.15) is 17.9 Å². The number of aromatic nitrogens is 2. The predicted octanol–water partition coefficient (Wildman–Crippen LogP) is 2.45. The van der Waals surface area contributed by atoms with Crippen molar-refractivity contribution in [3.8, 4) is 5.88 Å². The molecule has 0 aliphatic carbocycles. The smallest absolute Gasteiger partial charge is 0.421 e. The van der Waals surface area contributed by atoms with Crippen LogP contribution < -0.4 is 15.4 Å². The summed E-state index contributed by atoms with van der Waals surface area (Å²) in [6.07, 6.45) is -3.26. The minimum Gasteiger partial charge on any atom is -0.475 e. The summed E-state index contributed by atoms with van der Waals surface area (Å²) in [5.74, 6) is 1.26. The normalized spacial score (nSPS) is 12.2. The Hall–Kier alpha value is -2.78. The number of aryl methyl sites for hydroxylation is 2. The molecule has 0 aromatic carbocycles. The first-order valence-corrected chi connectivity index (χ1v) is 7.83. The molecule has 0 aliphatic rings. The fourth-order valence-electron chi connectivity index (χ4n) is 2.03. The molecule has 7 nitrogen and oxygen atoms in total. The van der Waals surface area contributed by atoms with Crippen LogP contribution in [0.3, 0.4) is 0 Å². The van der Waals surface area contributed by atoms with E-state index in [4.69, 9.17) is 9.15 Å². The highest BCUT2D eigenvalue weighted by atomic mass is 19.4. The SMILES string of the molecule is CN=C(NCCOc1ncccc1C(F)(F)F)NCc1nc(C)c(C)o1. The zero-order valence-corrected chi connectivity index (χ0v) is 14.6. The lowest BCUT2D eigenvalue weighted by molar-refractivity contribution is -0.139. The van der Waals surface area contributed by atoms with Gasteiger partial charge >= 0.3 is 6.18 Å². The lowest BCUT2D eigenvalue weighted by Crippen LogP contribution is -2.39. The number of hydrogen-bond donors (Lipinski definition) is 2. The number of guanidine groups is 1. The molecule has 0 amide bonds. The van der Waals surface area contributed by atoms with E-state index in [1.165, 1.54) is 12.3 Å². The molecular weight excluding hydrogens is 351 g/mol. The molecule has 0 unspecified atom stereocenters. The quantitative estimate of drug-likeness (QED) is 0.461. The summed E-state index contributed by atoms with van der Waals surface area (Å²) in [7, 11) is 1.57. The number of halogens is 3. The van der Waals surface area contributed by atoms with E-state index in [2.05, 4.69) is 25.6 Å². The van der Waals surface area contributed by atoms with E-state index < -0.39 is 17.6 Å². The first-order chi connectivity index (χ1) is 12.3. The third-order valence-corrected chi connectivity index (χ3v) is 3.41. The van der Waals surface area contributed by atoms with Gasteiger partial charge in [-0.2, -0.15) is 13.2 Å². The summed E-state index contributed by atoms with van der Waals surface area (Å²) in [5, 5.41) is 5.92. The Kier molecular flexibility index (Phi) is 6.42. The van der Waals surface area contributed by atoms with Crippen LogP contribution >= 0.6 is 0 Å². The molecule has 0 radical (unpaired) electrons.